The monoisotopic (exact) mass is 556 g/mol. The second-order valence-electron chi connectivity index (χ2n) is 6.24. The van der Waals surface area contributed by atoms with Gasteiger partial charge < -0.3 is 19.5 Å². The Bertz CT molecular complexity index is 1070. The number of carbonyl (C=O) groups is 3. The van der Waals surface area contributed by atoms with Crippen molar-refractivity contribution >= 4 is 63.9 Å². The van der Waals surface area contributed by atoms with Crippen LogP contribution < -0.4 is 19.7 Å². The van der Waals surface area contributed by atoms with Crippen LogP contribution in [0, 0.1) is 3.57 Å². The number of carbonyl (C=O) groups excluding carboxylic acids is 3. The smallest absolute Gasteiger partial charge is 0.343 e. The molecule has 0 spiro atoms. The van der Waals surface area contributed by atoms with Crippen LogP contribution in [0.25, 0.3) is 6.08 Å². The Hall–Kier alpha value is -2.79. The van der Waals surface area contributed by atoms with Crippen LogP contribution in [0.2, 0.25) is 5.02 Å². The Labute approximate surface area is 197 Å². The van der Waals surface area contributed by atoms with Gasteiger partial charge >= 0.3 is 12.0 Å². The summed E-state index contributed by atoms with van der Waals surface area (Å²) in [5.41, 5.74) is 1.08. The molecule has 10 heteroatoms. The summed E-state index contributed by atoms with van der Waals surface area (Å²) in [7, 11) is 1.27. The van der Waals surface area contributed by atoms with E-state index < -0.39 is 17.9 Å². The zero-order valence-corrected chi connectivity index (χ0v) is 19.5. The molecule has 3 rings (SSSR count). The Morgan fingerprint density at radius 3 is 2.68 bits per heavy atom. The highest BCUT2D eigenvalue weighted by Crippen LogP contribution is 2.35. The molecule has 1 heterocycles. The minimum atomic E-state index is -0.573. The van der Waals surface area contributed by atoms with Gasteiger partial charge in [-0.25, -0.2) is 14.5 Å². The minimum Gasteiger partial charge on any atom is -0.490 e. The molecule has 0 atom stereocenters. The lowest BCUT2D eigenvalue weighted by atomic mass is 10.1. The van der Waals surface area contributed by atoms with E-state index >= 15 is 0 Å². The third kappa shape index (κ3) is 5.28. The molecule has 0 bridgehead atoms. The van der Waals surface area contributed by atoms with Gasteiger partial charge in [0.05, 0.1) is 23.0 Å². The Kier molecular flexibility index (Phi) is 7.39. The van der Waals surface area contributed by atoms with E-state index in [0.29, 0.717) is 37.9 Å². The lowest BCUT2D eigenvalue weighted by Crippen LogP contribution is -2.30. The molecule has 1 saturated heterocycles. The van der Waals surface area contributed by atoms with Crippen LogP contribution in [0.4, 0.5) is 10.5 Å². The number of hydrogen-bond acceptors (Lipinski definition) is 6. The molecule has 1 fully saturated rings. The van der Waals surface area contributed by atoms with E-state index in [1.807, 2.05) is 29.5 Å². The summed E-state index contributed by atoms with van der Waals surface area (Å²) in [5.74, 6) is -0.248. The molecule has 1 aliphatic rings. The highest BCUT2D eigenvalue weighted by molar-refractivity contribution is 14.1. The highest BCUT2D eigenvalue weighted by Gasteiger charge is 2.35. The molecular formula is C21H18ClIN2O6. The van der Waals surface area contributed by atoms with E-state index in [2.05, 4.69) is 10.1 Å². The molecule has 31 heavy (non-hydrogen) atoms. The number of benzene rings is 2. The number of halogens is 2. The number of amides is 3. The first kappa shape index (κ1) is 22.9. The second-order valence-corrected chi connectivity index (χ2v) is 7.84. The summed E-state index contributed by atoms with van der Waals surface area (Å²) < 4.78 is 16.4. The molecule has 3 amide bonds. The summed E-state index contributed by atoms with van der Waals surface area (Å²) in [6, 6.07) is 9.29. The summed E-state index contributed by atoms with van der Waals surface area (Å²) in [6.45, 7) is 1.91. The topological polar surface area (TPSA) is 94.2 Å². The van der Waals surface area contributed by atoms with Gasteiger partial charge in [0.2, 0.25) is 0 Å². The molecule has 2 aromatic carbocycles. The normalized spacial score (nSPS) is 14.6. The zero-order valence-electron chi connectivity index (χ0n) is 16.6. The van der Waals surface area contributed by atoms with Crippen LogP contribution in [0.3, 0.4) is 0 Å². The van der Waals surface area contributed by atoms with Crippen molar-refractivity contribution in [1.82, 2.24) is 5.32 Å². The summed E-state index contributed by atoms with van der Waals surface area (Å²) in [5, 5.41) is 2.98. The van der Waals surface area contributed by atoms with Gasteiger partial charge in [0.15, 0.2) is 18.1 Å². The molecule has 0 aromatic heterocycles. The standard InChI is InChI=1S/C21H18ClIN2O6/c1-3-30-17-9-12(7-15(23)19(17)31-11-18(26)29-2)8-16-20(27)25(21(28)24-16)14-6-4-5-13(22)10-14/h4-10H,3,11H2,1-2H3,(H,24,28)/b16-8+. The largest absolute Gasteiger partial charge is 0.490 e. The average Bonchev–Trinajstić information content (AvgIpc) is 3.00. The van der Waals surface area contributed by atoms with Crippen molar-refractivity contribution in [3.05, 3.63) is 56.3 Å². The predicted octanol–water partition coefficient (Wildman–Crippen LogP) is 3.99. The molecule has 0 unspecified atom stereocenters. The van der Waals surface area contributed by atoms with Crippen molar-refractivity contribution in [2.45, 2.75) is 6.92 Å². The third-order valence-corrected chi connectivity index (χ3v) is 5.19. The van der Waals surface area contributed by atoms with Crippen LogP contribution in [-0.4, -0.2) is 38.2 Å². The number of urea groups is 1. The molecule has 162 valence electrons. The predicted molar refractivity (Wildman–Crippen MR) is 123 cm³/mol. The summed E-state index contributed by atoms with van der Waals surface area (Å²) >= 11 is 8.02. The number of imide groups is 1. The van der Waals surface area contributed by atoms with Gasteiger partial charge in [-0.2, -0.15) is 0 Å². The molecule has 2 aromatic rings. The van der Waals surface area contributed by atoms with E-state index in [1.165, 1.54) is 13.2 Å². The van der Waals surface area contributed by atoms with E-state index in [1.54, 1.807) is 36.4 Å². The fourth-order valence-corrected chi connectivity index (χ4v) is 3.78. The highest BCUT2D eigenvalue weighted by atomic mass is 127. The molecule has 0 aliphatic carbocycles. The molecular weight excluding hydrogens is 539 g/mol. The first-order chi connectivity index (χ1) is 14.8. The number of esters is 1. The van der Waals surface area contributed by atoms with Gasteiger partial charge in [-0.15, -0.1) is 0 Å². The Morgan fingerprint density at radius 1 is 1.23 bits per heavy atom. The maximum absolute atomic E-state index is 12.8. The van der Waals surface area contributed by atoms with Crippen LogP contribution >= 0.6 is 34.2 Å². The van der Waals surface area contributed by atoms with Crippen molar-refractivity contribution in [1.29, 1.82) is 0 Å². The van der Waals surface area contributed by atoms with Gasteiger partial charge in [-0.05, 0) is 71.5 Å². The third-order valence-electron chi connectivity index (χ3n) is 4.15. The lowest BCUT2D eigenvalue weighted by molar-refractivity contribution is -0.143. The van der Waals surface area contributed by atoms with Crippen LogP contribution in [0.1, 0.15) is 12.5 Å². The molecule has 1 N–H and O–H groups in total. The van der Waals surface area contributed by atoms with Gasteiger partial charge in [0, 0.05) is 5.02 Å². The molecule has 8 nitrogen and oxygen atoms in total. The number of methoxy groups -OCH3 is 1. The van der Waals surface area contributed by atoms with Gasteiger partial charge in [-0.1, -0.05) is 17.7 Å². The van der Waals surface area contributed by atoms with Crippen LogP contribution in [-0.2, 0) is 14.3 Å². The number of nitrogens with one attached hydrogen (secondary N) is 1. The first-order valence-corrected chi connectivity index (χ1v) is 10.6. The molecule has 0 saturated carbocycles. The quantitative estimate of drug-likeness (QED) is 0.240. The first-order valence-electron chi connectivity index (χ1n) is 9.12. The Morgan fingerprint density at radius 2 is 2.00 bits per heavy atom. The molecule has 0 radical (unpaired) electrons. The van der Waals surface area contributed by atoms with E-state index in [4.69, 9.17) is 21.1 Å². The number of rotatable bonds is 7. The SMILES string of the molecule is CCOc1cc(/C=C2/NC(=O)N(c3cccc(Cl)c3)C2=O)cc(I)c1OCC(=O)OC. The van der Waals surface area contributed by atoms with Crippen LogP contribution in [0.15, 0.2) is 42.1 Å². The number of hydrogen-bond donors (Lipinski definition) is 1. The minimum absolute atomic E-state index is 0.103. The van der Waals surface area contributed by atoms with E-state index in [-0.39, 0.29) is 12.3 Å². The van der Waals surface area contributed by atoms with Crippen molar-refractivity contribution in [3.63, 3.8) is 0 Å². The van der Waals surface area contributed by atoms with Crippen molar-refractivity contribution in [2.24, 2.45) is 0 Å². The second kappa shape index (κ2) is 10.0. The van der Waals surface area contributed by atoms with E-state index in [0.717, 1.165) is 4.90 Å². The van der Waals surface area contributed by atoms with Gasteiger partial charge in [0.1, 0.15) is 5.70 Å². The van der Waals surface area contributed by atoms with Crippen molar-refractivity contribution in [2.75, 3.05) is 25.2 Å². The maximum Gasteiger partial charge on any atom is 0.343 e. The summed E-state index contributed by atoms with van der Waals surface area (Å²) in [6.07, 6.45) is 1.54. The fraction of sp³-hybridized carbons (Fsp3) is 0.190. The van der Waals surface area contributed by atoms with Crippen molar-refractivity contribution in [3.8, 4) is 11.5 Å². The fourth-order valence-electron chi connectivity index (χ4n) is 2.82. The summed E-state index contributed by atoms with van der Waals surface area (Å²) in [4.78, 5) is 37.6. The number of anilines is 1. The van der Waals surface area contributed by atoms with E-state index in [9.17, 15) is 14.4 Å². The number of ether oxygens (including phenoxy) is 3. The number of nitrogens with zero attached hydrogens (tertiary/aromatic N) is 1. The zero-order chi connectivity index (χ0) is 22.5. The van der Waals surface area contributed by atoms with Crippen LogP contribution in [0.5, 0.6) is 11.5 Å². The molecule has 1 aliphatic heterocycles. The van der Waals surface area contributed by atoms with Gasteiger partial charge in [0.25, 0.3) is 5.91 Å². The van der Waals surface area contributed by atoms with Gasteiger partial charge in [-0.3, -0.25) is 4.79 Å². The maximum atomic E-state index is 12.8. The average molecular weight is 557 g/mol. The Balaban J connectivity index is 1.91. The van der Waals surface area contributed by atoms with Crippen molar-refractivity contribution < 1.29 is 28.6 Å². The lowest BCUT2D eigenvalue weighted by Gasteiger charge is -2.14.